The van der Waals surface area contributed by atoms with Crippen LogP contribution in [0.4, 0.5) is 0 Å². The van der Waals surface area contributed by atoms with Crippen LogP contribution in [-0.4, -0.2) is 35.6 Å². The molecule has 7 heteroatoms. The quantitative estimate of drug-likeness (QED) is 0.609. The van der Waals surface area contributed by atoms with Crippen LogP contribution in [0.15, 0.2) is 0 Å². The molecule has 1 saturated heterocycles. The Labute approximate surface area is 118 Å². The summed E-state index contributed by atoms with van der Waals surface area (Å²) in [5, 5.41) is 2.82. The van der Waals surface area contributed by atoms with Crippen LogP contribution in [0.2, 0.25) is 0 Å². The van der Waals surface area contributed by atoms with Crippen molar-refractivity contribution < 1.29 is 14.3 Å². The van der Waals surface area contributed by atoms with Crippen LogP contribution in [0.3, 0.4) is 0 Å². The lowest BCUT2D eigenvalue weighted by molar-refractivity contribution is -0.133. The molecule has 1 aliphatic rings. The Bertz CT molecular complexity index is 390. The maximum Gasteiger partial charge on any atom is 0.233 e. The predicted octanol–water partition coefficient (Wildman–Crippen LogP) is -0.160. The maximum atomic E-state index is 12.5. The lowest BCUT2D eigenvalue weighted by Gasteiger charge is -2.37. The molecule has 2 amide bonds. The molecule has 1 rings (SSSR count). The average Bonchev–Trinajstić information content (AvgIpc) is 2.27. The third kappa shape index (κ3) is 3.87. The van der Waals surface area contributed by atoms with Crippen LogP contribution in [-0.2, 0) is 14.3 Å². The van der Waals surface area contributed by atoms with E-state index >= 15 is 0 Å². The Morgan fingerprint density at radius 1 is 1.32 bits per heavy atom. The van der Waals surface area contributed by atoms with Crippen molar-refractivity contribution in [3.8, 4) is 0 Å². The van der Waals surface area contributed by atoms with Gasteiger partial charge in [-0.1, -0.05) is 12.2 Å². The lowest BCUT2D eigenvalue weighted by atomic mass is 9.78. The first-order chi connectivity index (χ1) is 8.69. The van der Waals surface area contributed by atoms with Gasteiger partial charge in [-0.2, -0.15) is 0 Å². The van der Waals surface area contributed by atoms with Gasteiger partial charge in [0.25, 0.3) is 0 Å². The highest BCUT2D eigenvalue weighted by Crippen LogP contribution is 2.32. The van der Waals surface area contributed by atoms with E-state index in [-0.39, 0.29) is 17.3 Å². The van der Waals surface area contributed by atoms with Crippen LogP contribution in [0.1, 0.15) is 33.1 Å². The lowest BCUT2D eigenvalue weighted by Crippen LogP contribution is -2.57. The van der Waals surface area contributed by atoms with Crippen molar-refractivity contribution >= 4 is 29.0 Å². The van der Waals surface area contributed by atoms with Crippen molar-refractivity contribution in [3.63, 3.8) is 0 Å². The molecule has 0 radical (unpaired) electrons. The first-order valence-corrected chi connectivity index (χ1v) is 6.59. The zero-order valence-corrected chi connectivity index (χ0v) is 12.1. The fourth-order valence-corrected chi connectivity index (χ4v) is 2.51. The Hall–Kier alpha value is -1.21. The number of hydrogen-bond acceptors (Lipinski definition) is 4. The minimum atomic E-state index is -0.886. The molecule has 108 valence electrons. The van der Waals surface area contributed by atoms with E-state index in [1.165, 1.54) is 0 Å². The Morgan fingerprint density at radius 3 is 2.26 bits per heavy atom. The second kappa shape index (κ2) is 5.83. The molecular formula is C12H21N3O3S. The zero-order chi connectivity index (χ0) is 14.7. The Morgan fingerprint density at radius 2 is 1.84 bits per heavy atom. The summed E-state index contributed by atoms with van der Waals surface area (Å²) < 4.78 is 5.25. The Kier molecular flexibility index (Phi) is 4.86. The second-order valence-electron chi connectivity index (χ2n) is 5.54. The van der Waals surface area contributed by atoms with Crippen molar-refractivity contribution in [2.24, 2.45) is 16.9 Å². The van der Waals surface area contributed by atoms with Gasteiger partial charge < -0.3 is 21.5 Å². The van der Waals surface area contributed by atoms with Crippen molar-refractivity contribution in [1.29, 1.82) is 0 Å². The van der Waals surface area contributed by atoms with Crippen LogP contribution in [0, 0.1) is 5.41 Å². The molecule has 1 fully saturated rings. The SMILES string of the molecule is CC(C)(CC(N)=O)NC(=O)C1(C(N)=S)CCOCC1. The summed E-state index contributed by atoms with van der Waals surface area (Å²) >= 11 is 5.05. The highest BCUT2D eigenvalue weighted by atomic mass is 32.1. The first-order valence-electron chi connectivity index (χ1n) is 6.18. The van der Waals surface area contributed by atoms with Crippen molar-refractivity contribution in [2.75, 3.05) is 13.2 Å². The van der Waals surface area contributed by atoms with Crippen molar-refractivity contribution in [3.05, 3.63) is 0 Å². The van der Waals surface area contributed by atoms with Gasteiger partial charge in [0.15, 0.2) is 0 Å². The van der Waals surface area contributed by atoms with Crippen LogP contribution < -0.4 is 16.8 Å². The van der Waals surface area contributed by atoms with Gasteiger partial charge in [0.2, 0.25) is 11.8 Å². The molecule has 0 unspecified atom stereocenters. The summed E-state index contributed by atoms with van der Waals surface area (Å²) in [6.45, 7) is 4.37. The highest BCUT2D eigenvalue weighted by molar-refractivity contribution is 7.80. The second-order valence-corrected chi connectivity index (χ2v) is 5.98. The van der Waals surface area contributed by atoms with Gasteiger partial charge in [-0.3, -0.25) is 9.59 Å². The maximum absolute atomic E-state index is 12.5. The third-order valence-corrected chi connectivity index (χ3v) is 3.71. The predicted molar refractivity (Wildman–Crippen MR) is 75.3 cm³/mol. The van der Waals surface area contributed by atoms with E-state index in [0.717, 1.165) is 0 Å². The number of amides is 2. The number of ether oxygens (including phenoxy) is 1. The third-order valence-electron chi connectivity index (χ3n) is 3.32. The van der Waals surface area contributed by atoms with E-state index in [0.29, 0.717) is 26.1 Å². The van der Waals surface area contributed by atoms with E-state index in [4.69, 9.17) is 28.4 Å². The largest absolute Gasteiger partial charge is 0.392 e. The first kappa shape index (κ1) is 15.8. The number of carbonyl (C=O) groups is 2. The number of nitrogens with two attached hydrogens (primary N) is 2. The number of rotatable bonds is 5. The Balaban J connectivity index is 2.84. The van der Waals surface area contributed by atoms with Gasteiger partial charge >= 0.3 is 0 Å². The van der Waals surface area contributed by atoms with Gasteiger partial charge in [-0.15, -0.1) is 0 Å². The smallest absolute Gasteiger partial charge is 0.233 e. The van der Waals surface area contributed by atoms with E-state index in [1.54, 1.807) is 13.8 Å². The molecule has 0 aromatic carbocycles. The summed E-state index contributed by atoms with van der Waals surface area (Å²) in [7, 11) is 0. The van der Waals surface area contributed by atoms with Gasteiger partial charge in [0, 0.05) is 25.2 Å². The number of hydrogen-bond donors (Lipinski definition) is 3. The van der Waals surface area contributed by atoms with Gasteiger partial charge in [0.05, 0.1) is 4.99 Å². The summed E-state index contributed by atoms with van der Waals surface area (Å²) in [5.74, 6) is -0.726. The topological polar surface area (TPSA) is 107 Å². The minimum Gasteiger partial charge on any atom is -0.392 e. The number of thiocarbonyl (C=S) groups is 1. The zero-order valence-electron chi connectivity index (χ0n) is 11.3. The molecule has 5 N–H and O–H groups in total. The number of nitrogens with one attached hydrogen (secondary N) is 1. The molecule has 0 atom stereocenters. The summed E-state index contributed by atoms with van der Waals surface area (Å²) in [6, 6.07) is 0. The minimum absolute atomic E-state index is 0.0582. The van der Waals surface area contributed by atoms with Crippen LogP contribution in [0.5, 0.6) is 0 Å². The van der Waals surface area contributed by atoms with Crippen LogP contribution >= 0.6 is 12.2 Å². The molecule has 0 spiro atoms. The van der Waals surface area contributed by atoms with E-state index in [1.807, 2.05) is 0 Å². The molecule has 0 saturated carbocycles. The van der Waals surface area contributed by atoms with E-state index in [9.17, 15) is 9.59 Å². The highest BCUT2D eigenvalue weighted by Gasteiger charge is 2.44. The molecule has 6 nitrogen and oxygen atoms in total. The monoisotopic (exact) mass is 287 g/mol. The van der Waals surface area contributed by atoms with Crippen molar-refractivity contribution in [1.82, 2.24) is 5.32 Å². The normalized spacial score (nSPS) is 18.6. The van der Waals surface area contributed by atoms with Gasteiger partial charge in [-0.25, -0.2) is 0 Å². The summed E-state index contributed by atoms with van der Waals surface area (Å²) in [5.41, 5.74) is 9.30. The molecule has 0 aromatic heterocycles. The molecule has 1 aliphatic heterocycles. The standard InChI is InChI=1S/C12H21N3O3S/c1-11(2,7-8(13)16)15-10(17)12(9(14)19)3-5-18-6-4-12/h3-7H2,1-2H3,(H2,13,16)(H2,14,19)(H,15,17). The number of carbonyl (C=O) groups excluding carboxylic acids is 2. The fraction of sp³-hybridized carbons (Fsp3) is 0.750. The molecule has 0 aliphatic carbocycles. The molecule has 0 bridgehead atoms. The van der Waals surface area contributed by atoms with Gasteiger partial charge in [0.1, 0.15) is 5.41 Å². The van der Waals surface area contributed by atoms with Crippen molar-refractivity contribution in [2.45, 2.75) is 38.6 Å². The summed E-state index contributed by atoms with van der Waals surface area (Å²) in [6.07, 6.45) is 0.976. The summed E-state index contributed by atoms with van der Waals surface area (Å²) in [4.78, 5) is 23.6. The van der Waals surface area contributed by atoms with E-state index < -0.39 is 16.9 Å². The number of primary amides is 1. The average molecular weight is 287 g/mol. The molecule has 19 heavy (non-hydrogen) atoms. The van der Waals surface area contributed by atoms with E-state index in [2.05, 4.69) is 5.32 Å². The fourth-order valence-electron chi connectivity index (χ4n) is 2.21. The van der Waals surface area contributed by atoms with Gasteiger partial charge in [-0.05, 0) is 26.7 Å². The molecular weight excluding hydrogens is 266 g/mol. The molecule has 0 aromatic rings. The molecule has 1 heterocycles. The van der Waals surface area contributed by atoms with Crippen LogP contribution in [0.25, 0.3) is 0 Å².